The summed E-state index contributed by atoms with van der Waals surface area (Å²) in [6.07, 6.45) is 8.84. The highest BCUT2D eigenvalue weighted by molar-refractivity contribution is 7.85. The fourth-order valence-electron chi connectivity index (χ4n) is 6.05. The van der Waals surface area contributed by atoms with Gasteiger partial charge in [-0.3, -0.25) is 9.11 Å². The first kappa shape index (κ1) is 30.5. The summed E-state index contributed by atoms with van der Waals surface area (Å²) in [5.74, 6) is -0.0441. The van der Waals surface area contributed by atoms with Crippen LogP contribution in [0.4, 0.5) is 11.4 Å². The van der Waals surface area contributed by atoms with E-state index in [4.69, 9.17) is 0 Å². The predicted molar refractivity (Wildman–Crippen MR) is 179 cm³/mol. The third kappa shape index (κ3) is 6.09. The van der Waals surface area contributed by atoms with Gasteiger partial charge in [0.05, 0.1) is 17.9 Å². The maximum Gasteiger partial charge on any atom is 0.304 e. The third-order valence-corrected chi connectivity index (χ3v) is 9.05. The Balaban J connectivity index is 1.40. The van der Waals surface area contributed by atoms with Crippen LogP contribution in [0.1, 0.15) is 19.7 Å². The molecule has 0 saturated carbocycles. The highest BCUT2D eigenvalue weighted by atomic mass is 32.2. The quantitative estimate of drug-likeness (QED) is 0.119. The number of allylic oxidation sites excluding steroid dienone is 4. The Morgan fingerprint density at radius 3 is 1.84 bits per heavy atom. The van der Waals surface area contributed by atoms with Crippen molar-refractivity contribution < 1.29 is 30.5 Å². The monoisotopic (exact) mass is 645 g/mol. The number of aryl methyl sites for hydroxylation is 1. The molecule has 0 atom stereocenters. The largest absolute Gasteiger partial charge is 0.326 e. The number of rotatable bonds is 9. The molecule has 232 valence electrons. The van der Waals surface area contributed by atoms with Crippen molar-refractivity contribution in [1.29, 1.82) is 0 Å². The van der Waals surface area contributed by atoms with Crippen LogP contribution >= 0.6 is 0 Å². The van der Waals surface area contributed by atoms with Crippen molar-refractivity contribution in [3.05, 3.63) is 109 Å². The second-order valence-corrected chi connectivity index (χ2v) is 13.6. The third-order valence-electron chi connectivity index (χ3n) is 7.88. The minimum atomic E-state index is -4.35. The molecule has 0 spiro atoms. The zero-order valence-electron chi connectivity index (χ0n) is 24.8. The molecular weight excluding hydrogens is 613 g/mol. The smallest absolute Gasteiger partial charge is 0.304 e. The Kier molecular flexibility index (Phi) is 8.00. The van der Waals surface area contributed by atoms with Gasteiger partial charge in [0, 0.05) is 12.6 Å². The van der Waals surface area contributed by atoms with E-state index in [0.29, 0.717) is 35.9 Å². The molecule has 0 bridgehead atoms. The van der Waals surface area contributed by atoms with Crippen LogP contribution in [0.2, 0.25) is 0 Å². The van der Waals surface area contributed by atoms with Crippen molar-refractivity contribution in [2.75, 3.05) is 22.2 Å². The summed E-state index contributed by atoms with van der Waals surface area (Å²) < 4.78 is 71.4. The van der Waals surface area contributed by atoms with E-state index in [-0.39, 0.29) is 0 Å². The van der Waals surface area contributed by atoms with E-state index < -0.39 is 32.0 Å². The number of fused-ring (bicyclic) bond motifs is 4. The van der Waals surface area contributed by atoms with Crippen LogP contribution in [0, 0.1) is 0 Å². The first-order valence-electron chi connectivity index (χ1n) is 14.5. The molecule has 1 aliphatic heterocycles. The Morgan fingerprint density at radius 1 is 0.711 bits per heavy atom. The van der Waals surface area contributed by atoms with Crippen molar-refractivity contribution in [2.24, 2.45) is 0 Å². The molecule has 5 aromatic rings. The molecule has 0 fully saturated rings. The minimum absolute atomic E-state index is 0.559. The number of aromatic nitrogens is 2. The first-order valence-corrected chi connectivity index (χ1v) is 17.7. The lowest BCUT2D eigenvalue weighted by Crippen LogP contribution is -2.40. The van der Waals surface area contributed by atoms with Gasteiger partial charge in [-0.05, 0) is 65.7 Å². The summed E-state index contributed by atoms with van der Waals surface area (Å²) in [5, 5.41) is 3.92. The summed E-state index contributed by atoms with van der Waals surface area (Å²) in [4.78, 5) is 3.56. The van der Waals surface area contributed by atoms with Gasteiger partial charge in [0.1, 0.15) is 5.82 Å². The zero-order valence-corrected chi connectivity index (χ0v) is 26.4. The Hall–Kier alpha value is -4.49. The molecule has 10 nitrogen and oxygen atoms in total. The van der Waals surface area contributed by atoms with Crippen molar-refractivity contribution in [1.82, 2.24) is 4.57 Å². The maximum absolute atomic E-state index is 12.0. The number of hydrogen-bond donors (Lipinski definition) is 2. The van der Waals surface area contributed by atoms with E-state index in [1.165, 1.54) is 0 Å². The SMILES string of the molecule is CCN1C(=CC=CC=Cc2n(CC)c3cc4ccccc4cc3[n+]2CS(=O)(=O)O)N(CS(=O)(=O)O)c2cc3ccccc3cc21. The molecule has 0 unspecified atom stereocenters. The van der Waals surface area contributed by atoms with Crippen LogP contribution < -0.4 is 14.4 Å². The number of hydrogen-bond acceptors (Lipinski definition) is 6. The van der Waals surface area contributed by atoms with Crippen LogP contribution in [0.15, 0.2) is 103 Å². The molecule has 12 heteroatoms. The fourth-order valence-corrected chi connectivity index (χ4v) is 7.25. The van der Waals surface area contributed by atoms with Crippen LogP contribution in [0.5, 0.6) is 0 Å². The molecule has 4 aromatic carbocycles. The molecule has 45 heavy (non-hydrogen) atoms. The van der Waals surface area contributed by atoms with Crippen molar-refractivity contribution >= 4 is 70.3 Å². The Bertz CT molecular complexity index is 2270. The normalized spacial score (nSPS) is 15.2. The molecule has 2 heterocycles. The number of nitrogens with zero attached hydrogens (tertiary/aromatic N) is 4. The predicted octanol–water partition coefficient (Wildman–Crippen LogP) is 5.70. The van der Waals surface area contributed by atoms with Gasteiger partial charge in [-0.15, -0.1) is 0 Å². The lowest BCUT2D eigenvalue weighted by Gasteiger charge is -2.23. The van der Waals surface area contributed by atoms with Crippen molar-refractivity contribution in [3.8, 4) is 0 Å². The van der Waals surface area contributed by atoms with Gasteiger partial charge in [-0.2, -0.15) is 16.8 Å². The molecule has 0 aliphatic carbocycles. The summed E-state index contributed by atoms with van der Waals surface area (Å²) >= 11 is 0. The van der Waals surface area contributed by atoms with E-state index >= 15 is 0 Å². The molecular formula is C33H33N4O6S2+. The Labute approximate surface area is 261 Å². The van der Waals surface area contributed by atoms with E-state index in [0.717, 1.165) is 32.7 Å². The summed E-state index contributed by atoms with van der Waals surface area (Å²) in [6, 6.07) is 23.5. The number of benzene rings is 4. The minimum Gasteiger partial charge on any atom is -0.326 e. The second kappa shape index (κ2) is 11.8. The molecule has 1 aliphatic rings. The van der Waals surface area contributed by atoms with Gasteiger partial charge in [0.2, 0.25) is 5.88 Å². The molecule has 0 radical (unpaired) electrons. The molecule has 2 N–H and O–H groups in total. The highest BCUT2D eigenvalue weighted by Crippen LogP contribution is 2.44. The van der Waals surface area contributed by atoms with Gasteiger partial charge >= 0.3 is 10.1 Å². The van der Waals surface area contributed by atoms with Crippen molar-refractivity contribution in [3.63, 3.8) is 0 Å². The summed E-state index contributed by atoms with van der Waals surface area (Å²) in [7, 11) is -8.70. The van der Waals surface area contributed by atoms with Crippen LogP contribution in [0.25, 0.3) is 38.7 Å². The Morgan fingerprint density at radius 2 is 1.29 bits per heavy atom. The first-order chi connectivity index (χ1) is 21.5. The molecule has 6 rings (SSSR count). The van der Waals surface area contributed by atoms with Crippen LogP contribution in [-0.2, 0) is 32.7 Å². The van der Waals surface area contributed by atoms with Gasteiger partial charge in [0.15, 0.2) is 16.9 Å². The summed E-state index contributed by atoms with van der Waals surface area (Å²) in [5.41, 5.74) is 3.02. The second-order valence-electron chi connectivity index (χ2n) is 10.8. The van der Waals surface area contributed by atoms with Gasteiger partial charge < -0.3 is 9.80 Å². The average Bonchev–Trinajstić information content (AvgIpc) is 3.42. The van der Waals surface area contributed by atoms with Gasteiger partial charge in [-0.25, -0.2) is 9.13 Å². The van der Waals surface area contributed by atoms with Crippen LogP contribution in [0.3, 0.4) is 0 Å². The zero-order chi connectivity index (χ0) is 31.9. The van der Waals surface area contributed by atoms with Gasteiger partial charge in [-0.1, -0.05) is 66.8 Å². The van der Waals surface area contributed by atoms with E-state index in [9.17, 15) is 25.9 Å². The standard InChI is InChI=1S/C33H32N4O6S2/c1-3-34-28-18-24-12-8-10-14-26(24)20-30(28)36(22-44(38,39)40)32(34)16-6-5-7-17-33-35(4-2)29-19-25-13-9-11-15-27(25)21-31(29)37(33)23-45(41,42)43/h5-21H,3-4,22-23H2,1-2H3,(H-,38,39,40,41,42,43)/p+1. The molecule has 0 amide bonds. The summed E-state index contributed by atoms with van der Waals surface area (Å²) in [6.45, 7) is 5.05. The maximum atomic E-state index is 12.0. The number of imidazole rings is 1. The molecule has 0 saturated heterocycles. The molecule has 1 aromatic heterocycles. The van der Waals surface area contributed by atoms with Gasteiger partial charge in [0.25, 0.3) is 15.9 Å². The average molecular weight is 646 g/mol. The fraction of sp³-hybridized carbons (Fsp3) is 0.182. The van der Waals surface area contributed by atoms with E-state index in [2.05, 4.69) is 0 Å². The lowest BCUT2D eigenvalue weighted by atomic mass is 10.1. The van der Waals surface area contributed by atoms with E-state index in [1.807, 2.05) is 96.1 Å². The highest BCUT2D eigenvalue weighted by Gasteiger charge is 2.33. The lowest BCUT2D eigenvalue weighted by molar-refractivity contribution is -0.654. The van der Waals surface area contributed by atoms with E-state index in [1.54, 1.807) is 39.8 Å². The topological polar surface area (TPSA) is 124 Å². The van der Waals surface area contributed by atoms with Crippen molar-refractivity contribution in [2.45, 2.75) is 26.3 Å². The number of anilines is 2. The van der Waals surface area contributed by atoms with Crippen LogP contribution in [-0.4, -0.2) is 42.9 Å².